The van der Waals surface area contributed by atoms with Gasteiger partial charge in [-0.3, -0.25) is 0 Å². The Morgan fingerprint density at radius 1 is 1.44 bits per heavy atom. The van der Waals surface area contributed by atoms with Gasteiger partial charge in [0.2, 0.25) is 0 Å². The van der Waals surface area contributed by atoms with Crippen LogP contribution < -0.4 is 5.32 Å². The lowest BCUT2D eigenvalue weighted by molar-refractivity contribution is 0.0758. The Morgan fingerprint density at radius 2 is 2.44 bits per heavy atom. The van der Waals surface area contributed by atoms with Gasteiger partial charge in [0.1, 0.15) is 5.01 Å². The zero-order valence-electron chi connectivity index (χ0n) is 8.68. The lowest BCUT2D eigenvalue weighted by atomic mass is 10.2. The predicted molar refractivity (Wildman–Crippen MR) is 67.0 cm³/mol. The maximum atomic E-state index is 5.44. The second kappa shape index (κ2) is 4.63. The Bertz CT molecular complexity index is 446. The molecule has 3 nitrogen and oxygen atoms in total. The molecule has 0 radical (unpaired) electrons. The monoisotopic (exact) mass is 252 g/mol. The van der Waals surface area contributed by atoms with E-state index in [2.05, 4.69) is 32.5 Å². The second-order valence-electron chi connectivity index (χ2n) is 3.67. The fourth-order valence-electron chi connectivity index (χ4n) is 1.72. The molecular formula is C11H12N2OS2. The van der Waals surface area contributed by atoms with Crippen LogP contribution >= 0.6 is 22.7 Å². The van der Waals surface area contributed by atoms with E-state index in [9.17, 15) is 0 Å². The average molecular weight is 252 g/mol. The van der Waals surface area contributed by atoms with Crippen LogP contribution in [-0.4, -0.2) is 24.7 Å². The van der Waals surface area contributed by atoms with Crippen LogP contribution in [0.5, 0.6) is 0 Å². The van der Waals surface area contributed by atoms with E-state index >= 15 is 0 Å². The van der Waals surface area contributed by atoms with Crippen molar-refractivity contribution in [2.24, 2.45) is 0 Å². The van der Waals surface area contributed by atoms with Gasteiger partial charge in [0.25, 0.3) is 0 Å². The Balaban J connectivity index is 1.82. The largest absolute Gasteiger partial charge is 0.378 e. The molecule has 1 aliphatic rings. The molecule has 1 aliphatic heterocycles. The molecule has 1 saturated heterocycles. The van der Waals surface area contributed by atoms with Crippen molar-refractivity contribution in [2.75, 3.05) is 19.8 Å². The fourth-order valence-corrected chi connectivity index (χ4v) is 3.31. The molecule has 84 valence electrons. The molecule has 1 N–H and O–H groups in total. The summed E-state index contributed by atoms with van der Waals surface area (Å²) < 4.78 is 5.44. The van der Waals surface area contributed by atoms with E-state index < -0.39 is 0 Å². The number of morpholine rings is 1. The van der Waals surface area contributed by atoms with Crippen molar-refractivity contribution >= 4 is 22.7 Å². The first kappa shape index (κ1) is 10.4. The van der Waals surface area contributed by atoms with E-state index in [0.29, 0.717) is 0 Å². The molecule has 0 bridgehead atoms. The van der Waals surface area contributed by atoms with Gasteiger partial charge < -0.3 is 10.1 Å². The quantitative estimate of drug-likeness (QED) is 0.892. The van der Waals surface area contributed by atoms with Crippen molar-refractivity contribution < 1.29 is 4.74 Å². The van der Waals surface area contributed by atoms with Gasteiger partial charge in [-0.15, -0.1) is 11.3 Å². The van der Waals surface area contributed by atoms with E-state index in [1.807, 2.05) is 0 Å². The molecule has 3 heterocycles. The molecule has 1 fully saturated rings. The zero-order chi connectivity index (χ0) is 10.8. The van der Waals surface area contributed by atoms with Crippen LogP contribution in [0, 0.1) is 0 Å². The summed E-state index contributed by atoms with van der Waals surface area (Å²) in [5.74, 6) is 0. The van der Waals surface area contributed by atoms with Crippen molar-refractivity contribution in [3.63, 3.8) is 0 Å². The van der Waals surface area contributed by atoms with Gasteiger partial charge in [-0.05, 0) is 11.4 Å². The number of nitrogens with one attached hydrogen (secondary N) is 1. The van der Waals surface area contributed by atoms with Crippen molar-refractivity contribution in [1.29, 1.82) is 0 Å². The van der Waals surface area contributed by atoms with E-state index in [1.165, 1.54) is 5.56 Å². The first-order valence-corrected chi connectivity index (χ1v) is 7.05. The third kappa shape index (κ3) is 2.04. The molecule has 0 spiro atoms. The van der Waals surface area contributed by atoms with E-state index in [0.717, 1.165) is 30.5 Å². The lowest BCUT2D eigenvalue weighted by Crippen LogP contribution is -2.34. The topological polar surface area (TPSA) is 34.1 Å². The highest BCUT2D eigenvalue weighted by molar-refractivity contribution is 7.14. The molecular weight excluding hydrogens is 240 g/mol. The number of rotatable bonds is 2. The minimum absolute atomic E-state index is 0.261. The van der Waals surface area contributed by atoms with Crippen LogP contribution in [0.4, 0.5) is 0 Å². The van der Waals surface area contributed by atoms with Crippen LogP contribution in [0.3, 0.4) is 0 Å². The van der Waals surface area contributed by atoms with Crippen molar-refractivity contribution in [1.82, 2.24) is 10.3 Å². The molecule has 0 aromatic carbocycles. The first-order chi connectivity index (χ1) is 7.93. The van der Waals surface area contributed by atoms with Gasteiger partial charge in [0, 0.05) is 22.9 Å². The highest BCUT2D eigenvalue weighted by Gasteiger charge is 2.18. The molecule has 5 heteroatoms. The van der Waals surface area contributed by atoms with Crippen LogP contribution in [0.25, 0.3) is 10.6 Å². The Kier molecular flexibility index (Phi) is 3.01. The Morgan fingerprint density at radius 3 is 3.19 bits per heavy atom. The van der Waals surface area contributed by atoms with Crippen molar-refractivity contribution in [3.05, 3.63) is 27.9 Å². The second-order valence-corrected chi connectivity index (χ2v) is 5.31. The third-order valence-electron chi connectivity index (χ3n) is 2.57. The minimum Gasteiger partial charge on any atom is -0.378 e. The third-order valence-corrected chi connectivity index (χ3v) is 4.16. The van der Waals surface area contributed by atoms with Crippen LogP contribution in [0.1, 0.15) is 11.7 Å². The van der Waals surface area contributed by atoms with E-state index in [1.54, 1.807) is 22.7 Å². The maximum absolute atomic E-state index is 5.44. The molecule has 2 aromatic rings. The first-order valence-electron chi connectivity index (χ1n) is 5.22. The van der Waals surface area contributed by atoms with Gasteiger partial charge in [-0.25, -0.2) is 4.98 Å². The maximum Gasteiger partial charge on any atom is 0.124 e. The SMILES string of the molecule is c1cc(-c2nc(C3COCCN3)cs2)cs1. The summed E-state index contributed by atoms with van der Waals surface area (Å²) in [4.78, 5) is 4.66. The molecule has 3 rings (SSSR count). The molecule has 0 aliphatic carbocycles. The van der Waals surface area contributed by atoms with Crippen molar-refractivity contribution in [3.8, 4) is 10.6 Å². The summed E-state index contributed by atoms with van der Waals surface area (Å²) in [6.07, 6.45) is 0. The van der Waals surface area contributed by atoms with Crippen LogP contribution in [-0.2, 0) is 4.74 Å². The molecule has 2 aromatic heterocycles. The van der Waals surface area contributed by atoms with Gasteiger partial charge in [-0.1, -0.05) is 0 Å². The van der Waals surface area contributed by atoms with Crippen molar-refractivity contribution in [2.45, 2.75) is 6.04 Å². The average Bonchev–Trinajstić information content (AvgIpc) is 3.01. The smallest absolute Gasteiger partial charge is 0.124 e. The standard InChI is InChI=1S/C11H12N2OS2/c1-4-15-6-8(1)11-13-10(7-16-11)9-5-14-3-2-12-9/h1,4,6-7,9,12H,2-3,5H2. The summed E-state index contributed by atoms with van der Waals surface area (Å²) in [6, 6.07) is 2.37. The highest BCUT2D eigenvalue weighted by Crippen LogP contribution is 2.28. The molecule has 1 atom stereocenters. The molecule has 1 unspecified atom stereocenters. The summed E-state index contributed by atoms with van der Waals surface area (Å²) in [7, 11) is 0. The number of nitrogens with zero attached hydrogens (tertiary/aromatic N) is 1. The number of hydrogen-bond donors (Lipinski definition) is 1. The summed E-state index contributed by atoms with van der Waals surface area (Å²) >= 11 is 3.41. The minimum atomic E-state index is 0.261. The van der Waals surface area contributed by atoms with Gasteiger partial charge in [-0.2, -0.15) is 11.3 Å². The Hall–Kier alpha value is -0.750. The van der Waals surface area contributed by atoms with Gasteiger partial charge in [0.05, 0.1) is 24.9 Å². The normalized spacial score (nSPS) is 21.1. The molecule has 0 amide bonds. The summed E-state index contributed by atoms with van der Waals surface area (Å²) in [6.45, 7) is 2.45. The van der Waals surface area contributed by atoms with Crippen LogP contribution in [0.15, 0.2) is 22.2 Å². The van der Waals surface area contributed by atoms with E-state index in [-0.39, 0.29) is 6.04 Å². The number of thiazole rings is 1. The zero-order valence-corrected chi connectivity index (χ0v) is 10.3. The fraction of sp³-hybridized carbons (Fsp3) is 0.364. The number of aromatic nitrogens is 1. The molecule has 0 saturated carbocycles. The number of hydrogen-bond acceptors (Lipinski definition) is 5. The number of thiophene rings is 1. The van der Waals surface area contributed by atoms with E-state index in [4.69, 9.17) is 4.74 Å². The number of ether oxygens (including phenoxy) is 1. The van der Waals surface area contributed by atoms with Crippen LogP contribution in [0.2, 0.25) is 0 Å². The summed E-state index contributed by atoms with van der Waals surface area (Å²) in [5, 5.41) is 10.9. The predicted octanol–water partition coefficient (Wildman–Crippen LogP) is 2.53. The Labute approximate surface area is 102 Å². The van der Waals surface area contributed by atoms with Gasteiger partial charge >= 0.3 is 0 Å². The van der Waals surface area contributed by atoms with Gasteiger partial charge in [0.15, 0.2) is 0 Å². The lowest BCUT2D eigenvalue weighted by Gasteiger charge is -2.21. The highest BCUT2D eigenvalue weighted by atomic mass is 32.1. The summed E-state index contributed by atoms with van der Waals surface area (Å²) in [5.41, 5.74) is 2.32. The molecule has 16 heavy (non-hydrogen) atoms.